The van der Waals surface area contributed by atoms with Crippen LogP contribution in [0.25, 0.3) is 0 Å². The molecular formula is C26H37FN2O3S. The Kier molecular flexibility index (Phi) is 9.71. The van der Waals surface area contributed by atoms with Crippen molar-refractivity contribution in [2.75, 3.05) is 32.8 Å². The minimum Gasteiger partial charge on any atom is -0.491 e. The van der Waals surface area contributed by atoms with E-state index in [0.29, 0.717) is 24.8 Å². The number of thiophene rings is 1. The first-order chi connectivity index (χ1) is 15.9. The van der Waals surface area contributed by atoms with E-state index < -0.39 is 6.10 Å². The summed E-state index contributed by atoms with van der Waals surface area (Å²) in [6.45, 7) is 8.89. The summed E-state index contributed by atoms with van der Waals surface area (Å²) >= 11 is 1.71. The Bertz CT molecular complexity index is 888. The number of rotatable bonds is 12. The molecule has 1 aliphatic rings. The molecule has 0 fully saturated rings. The Morgan fingerprint density at radius 1 is 1.33 bits per heavy atom. The maximum Gasteiger partial charge on any atom is 0.237 e. The third-order valence-corrected chi connectivity index (χ3v) is 7.09. The van der Waals surface area contributed by atoms with Crippen LogP contribution in [0.3, 0.4) is 0 Å². The normalized spacial score (nSPS) is 16.8. The number of hydrogen-bond donors (Lipinski definition) is 1. The lowest BCUT2D eigenvalue weighted by Gasteiger charge is -2.37. The minimum atomic E-state index is -0.424. The lowest BCUT2D eigenvalue weighted by atomic mass is 10.00. The molecule has 0 aliphatic carbocycles. The molecule has 0 saturated heterocycles. The predicted molar refractivity (Wildman–Crippen MR) is 131 cm³/mol. The fourth-order valence-electron chi connectivity index (χ4n) is 4.29. The van der Waals surface area contributed by atoms with E-state index in [1.54, 1.807) is 23.5 Å². The van der Waals surface area contributed by atoms with Crippen molar-refractivity contribution in [3.63, 3.8) is 0 Å². The van der Waals surface area contributed by atoms with E-state index in [-0.39, 0.29) is 30.9 Å². The lowest BCUT2D eigenvalue weighted by molar-refractivity contribution is -0.136. The molecule has 182 valence electrons. The zero-order chi connectivity index (χ0) is 23.8. The first kappa shape index (κ1) is 25.7. The van der Waals surface area contributed by atoms with Crippen LogP contribution in [-0.4, -0.2) is 59.7 Å². The van der Waals surface area contributed by atoms with Gasteiger partial charge in [0.15, 0.2) is 0 Å². The van der Waals surface area contributed by atoms with Crippen molar-refractivity contribution in [2.45, 2.75) is 58.6 Å². The molecule has 2 atom stereocenters. The summed E-state index contributed by atoms with van der Waals surface area (Å²) in [7, 11) is 0. The van der Waals surface area contributed by atoms with E-state index >= 15 is 0 Å². The smallest absolute Gasteiger partial charge is 0.237 e. The molecule has 7 heteroatoms. The molecule has 0 spiro atoms. The van der Waals surface area contributed by atoms with E-state index in [9.17, 15) is 14.3 Å². The summed E-state index contributed by atoms with van der Waals surface area (Å²) in [6.07, 6.45) is 3.04. The van der Waals surface area contributed by atoms with Crippen LogP contribution in [0, 0.1) is 11.7 Å². The highest BCUT2D eigenvalue weighted by molar-refractivity contribution is 7.10. The minimum absolute atomic E-state index is 0.0483. The maximum atomic E-state index is 13.6. The van der Waals surface area contributed by atoms with Crippen molar-refractivity contribution < 1.29 is 19.0 Å². The van der Waals surface area contributed by atoms with Crippen LogP contribution in [0.5, 0.6) is 5.75 Å². The van der Waals surface area contributed by atoms with Crippen molar-refractivity contribution in [1.82, 2.24) is 9.80 Å². The molecule has 0 unspecified atom stereocenters. The first-order valence-electron chi connectivity index (χ1n) is 12.0. The Balaban J connectivity index is 1.72. The van der Waals surface area contributed by atoms with Crippen LogP contribution < -0.4 is 4.74 Å². The molecule has 5 nitrogen and oxygen atoms in total. The van der Waals surface area contributed by atoms with Gasteiger partial charge in [0.25, 0.3) is 0 Å². The summed E-state index contributed by atoms with van der Waals surface area (Å²) < 4.78 is 19.5. The van der Waals surface area contributed by atoms with Crippen molar-refractivity contribution in [2.24, 2.45) is 5.92 Å². The number of halogens is 1. The van der Waals surface area contributed by atoms with Gasteiger partial charge < -0.3 is 14.7 Å². The van der Waals surface area contributed by atoms with Gasteiger partial charge >= 0.3 is 0 Å². The molecule has 1 aromatic heterocycles. The molecule has 1 N–H and O–H groups in total. The van der Waals surface area contributed by atoms with Gasteiger partial charge in [-0.05, 0) is 60.9 Å². The summed E-state index contributed by atoms with van der Waals surface area (Å²) in [5, 5.41) is 12.4. The van der Waals surface area contributed by atoms with Crippen molar-refractivity contribution in [1.29, 1.82) is 0 Å². The average molecular weight is 477 g/mol. The second-order valence-corrected chi connectivity index (χ2v) is 10.3. The highest BCUT2D eigenvalue weighted by atomic mass is 32.1. The van der Waals surface area contributed by atoms with Crippen LogP contribution in [0.1, 0.15) is 56.5 Å². The van der Waals surface area contributed by atoms with Crippen LogP contribution in [0.2, 0.25) is 0 Å². The van der Waals surface area contributed by atoms with Gasteiger partial charge in [-0.25, -0.2) is 4.39 Å². The topological polar surface area (TPSA) is 53.0 Å². The Hall–Kier alpha value is -1.96. The van der Waals surface area contributed by atoms with Gasteiger partial charge in [-0.3, -0.25) is 9.69 Å². The number of benzene rings is 1. The molecule has 0 saturated carbocycles. The SMILES string of the molecule is CCC[C@@H](O)CN(CCC(C)C)CC(=O)N1CCc2sccc2[C@H]1COc1cccc(F)c1. The van der Waals surface area contributed by atoms with E-state index in [1.165, 1.54) is 17.0 Å². The van der Waals surface area contributed by atoms with Crippen LogP contribution in [0.15, 0.2) is 35.7 Å². The molecule has 33 heavy (non-hydrogen) atoms. The zero-order valence-corrected chi connectivity index (χ0v) is 20.8. The molecule has 2 aromatic rings. The summed E-state index contributed by atoms with van der Waals surface area (Å²) in [5.41, 5.74) is 1.12. The highest BCUT2D eigenvalue weighted by Gasteiger charge is 2.33. The number of hydrogen-bond acceptors (Lipinski definition) is 5. The van der Waals surface area contributed by atoms with Gasteiger partial charge in [0.1, 0.15) is 18.2 Å². The molecule has 1 aromatic carbocycles. The number of ether oxygens (including phenoxy) is 1. The molecule has 2 heterocycles. The second-order valence-electron chi connectivity index (χ2n) is 9.28. The van der Waals surface area contributed by atoms with Crippen LogP contribution >= 0.6 is 11.3 Å². The molecule has 0 bridgehead atoms. The maximum absolute atomic E-state index is 13.6. The Morgan fingerprint density at radius 3 is 2.88 bits per heavy atom. The number of carbonyl (C=O) groups excluding carboxylic acids is 1. The second kappa shape index (κ2) is 12.5. The Morgan fingerprint density at radius 2 is 2.15 bits per heavy atom. The lowest BCUT2D eigenvalue weighted by Crippen LogP contribution is -2.48. The predicted octanol–water partition coefficient (Wildman–Crippen LogP) is 4.90. The van der Waals surface area contributed by atoms with Crippen LogP contribution in [-0.2, 0) is 11.2 Å². The number of nitrogens with zero attached hydrogens (tertiary/aromatic N) is 2. The number of carbonyl (C=O) groups is 1. The fraction of sp³-hybridized carbons (Fsp3) is 0.577. The quantitative estimate of drug-likeness (QED) is 0.473. The van der Waals surface area contributed by atoms with E-state index in [2.05, 4.69) is 37.1 Å². The average Bonchev–Trinajstić information content (AvgIpc) is 3.25. The van der Waals surface area contributed by atoms with Gasteiger partial charge in [-0.1, -0.05) is 33.3 Å². The molecule has 3 rings (SSSR count). The van der Waals surface area contributed by atoms with Crippen molar-refractivity contribution >= 4 is 17.2 Å². The first-order valence-corrected chi connectivity index (χ1v) is 12.9. The number of fused-ring (bicyclic) bond motifs is 1. The van der Waals surface area contributed by atoms with Gasteiger partial charge in [0.2, 0.25) is 5.91 Å². The molecule has 0 radical (unpaired) electrons. The zero-order valence-electron chi connectivity index (χ0n) is 20.0. The standard InChI is InChI=1S/C26H37FN2O3S/c1-4-6-21(30)16-28(12-9-19(2)3)17-26(31)29-13-10-25-23(11-14-33-25)24(29)18-32-22-8-5-7-20(27)15-22/h5,7-8,11,14-15,19,21,24,30H,4,6,9-10,12-13,16-18H2,1-3H3/t21-,24-/m1/s1. The fourth-order valence-corrected chi connectivity index (χ4v) is 5.22. The molecular weight excluding hydrogens is 439 g/mol. The van der Waals surface area contributed by atoms with E-state index in [4.69, 9.17) is 4.74 Å². The highest BCUT2D eigenvalue weighted by Crippen LogP contribution is 2.34. The van der Waals surface area contributed by atoms with Crippen LogP contribution in [0.4, 0.5) is 4.39 Å². The summed E-state index contributed by atoms with van der Waals surface area (Å²) in [6, 6.07) is 7.98. The van der Waals surface area contributed by atoms with Gasteiger partial charge in [-0.15, -0.1) is 11.3 Å². The van der Waals surface area contributed by atoms with E-state index in [0.717, 1.165) is 37.8 Å². The number of aliphatic hydroxyl groups is 1. The van der Waals surface area contributed by atoms with Gasteiger partial charge in [0.05, 0.1) is 18.7 Å². The largest absolute Gasteiger partial charge is 0.491 e. The molecule has 1 amide bonds. The number of amides is 1. The summed E-state index contributed by atoms with van der Waals surface area (Å²) in [5.74, 6) is 0.701. The molecule has 1 aliphatic heterocycles. The van der Waals surface area contributed by atoms with Gasteiger partial charge in [-0.2, -0.15) is 0 Å². The van der Waals surface area contributed by atoms with Crippen molar-refractivity contribution in [3.8, 4) is 5.75 Å². The third-order valence-electron chi connectivity index (χ3n) is 6.09. The monoisotopic (exact) mass is 476 g/mol. The number of aliphatic hydroxyl groups excluding tert-OH is 1. The Labute approximate surface area is 201 Å². The summed E-state index contributed by atoms with van der Waals surface area (Å²) in [4.78, 5) is 18.8. The van der Waals surface area contributed by atoms with Crippen molar-refractivity contribution in [3.05, 3.63) is 52.0 Å². The van der Waals surface area contributed by atoms with E-state index in [1.807, 2.05) is 4.90 Å². The van der Waals surface area contributed by atoms with Gasteiger partial charge in [0, 0.05) is 24.0 Å². The third kappa shape index (κ3) is 7.52.